The van der Waals surface area contributed by atoms with Crippen molar-refractivity contribution in [2.75, 3.05) is 33.4 Å². The monoisotopic (exact) mass is 449 g/mol. The van der Waals surface area contributed by atoms with E-state index in [1.165, 1.54) is 6.07 Å². The SMILES string of the molecule is CNCCN(C)C(=O)c1ccc2c(SC)cn(-c3ncc(-c4ccccc4F)cn3)c2c1. The minimum atomic E-state index is -0.314. The number of rotatable bonds is 7. The summed E-state index contributed by atoms with van der Waals surface area (Å²) in [4.78, 5) is 24.6. The summed E-state index contributed by atoms with van der Waals surface area (Å²) in [6.07, 6.45) is 7.20. The second kappa shape index (κ2) is 9.50. The number of nitrogens with zero attached hydrogens (tertiary/aromatic N) is 4. The molecule has 0 aliphatic rings. The molecule has 0 aliphatic carbocycles. The topological polar surface area (TPSA) is 63.1 Å². The summed E-state index contributed by atoms with van der Waals surface area (Å²) in [6.45, 7) is 1.34. The van der Waals surface area contributed by atoms with E-state index >= 15 is 0 Å². The van der Waals surface area contributed by atoms with Crippen molar-refractivity contribution in [3.63, 3.8) is 0 Å². The van der Waals surface area contributed by atoms with Gasteiger partial charge in [-0.25, -0.2) is 14.4 Å². The van der Waals surface area contributed by atoms with E-state index in [0.29, 0.717) is 29.2 Å². The van der Waals surface area contributed by atoms with E-state index < -0.39 is 0 Å². The van der Waals surface area contributed by atoms with E-state index in [1.54, 1.807) is 54.3 Å². The van der Waals surface area contributed by atoms with Gasteiger partial charge in [0.1, 0.15) is 5.82 Å². The van der Waals surface area contributed by atoms with Crippen LogP contribution in [-0.2, 0) is 0 Å². The van der Waals surface area contributed by atoms with E-state index in [4.69, 9.17) is 0 Å². The van der Waals surface area contributed by atoms with Crippen LogP contribution in [0.3, 0.4) is 0 Å². The fourth-order valence-electron chi connectivity index (χ4n) is 3.54. The summed E-state index contributed by atoms with van der Waals surface area (Å²) in [7, 11) is 3.65. The highest BCUT2D eigenvalue weighted by atomic mass is 32.2. The lowest BCUT2D eigenvalue weighted by Gasteiger charge is -2.17. The summed E-state index contributed by atoms with van der Waals surface area (Å²) in [5, 5.41) is 4.08. The van der Waals surface area contributed by atoms with Crippen molar-refractivity contribution in [3.05, 3.63) is 72.4 Å². The van der Waals surface area contributed by atoms with Gasteiger partial charge in [0.25, 0.3) is 5.91 Å². The third-order valence-electron chi connectivity index (χ3n) is 5.32. The zero-order chi connectivity index (χ0) is 22.7. The van der Waals surface area contributed by atoms with Crippen LogP contribution in [-0.4, -0.2) is 58.8 Å². The molecule has 0 saturated carbocycles. The van der Waals surface area contributed by atoms with Crippen LogP contribution in [0.4, 0.5) is 4.39 Å². The molecule has 1 amide bonds. The number of halogens is 1. The molecule has 0 aliphatic heterocycles. The second-order valence-electron chi connectivity index (χ2n) is 7.38. The van der Waals surface area contributed by atoms with Crippen molar-refractivity contribution in [1.29, 1.82) is 0 Å². The molecule has 0 bridgehead atoms. The number of nitrogens with one attached hydrogen (secondary N) is 1. The lowest BCUT2D eigenvalue weighted by molar-refractivity contribution is 0.0797. The molecular weight excluding hydrogens is 425 g/mol. The first-order valence-electron chi connectivity index (χ1n) is 10.2. The molecule has 6 nitrogen and oxygen atoms in total. The number of fused-ring (bicyclic) bond motifs is 1. The fraction of sp³-hybridized carbons (Fsp3) is 0.208. The molecule has 0 spiro atoms. The Balaban J connectivity index is 1.73. The van der Waals surface area contributed by atoms with Crippen LogP contribution in [0.2, 0.25) is 0 Å². The number of carbonyl (C=O) groups excluding carboxylic acids is 1. The number of hydrogen-bond acceptors (Lipinski definition) is 5. The number of benzene rings is 2. The van der Waals surface area contributed by atoms with Gasteiger partial charge in [0.2, 0.25) is 5.95 Å². The lowest BCUT2D eigenvalue weighted by atomic mass is 10.1. The maximum Gasteiger partial charge on any atom is 0.253 e. The summed E-state index contributed by atoms with van der Waals surface area (Å²) in [5.41, 5.74) is 2.51. The van der Waals surface area contributed by atoms with Gasteiger partial charge in [-0.05, 0) is 31.5 Å². The third kappa shape index (κ3) is 4.24. The van der Waals surface area contributed by atoms with Crippen LogP contribution >= 0.6 is 11.8 Å². The van der Waals surface area contributed by atoms with E-state index in [1.807, 2.05) is 42.3 Å². The van der Waals surface area contributed by atoms with Crippen molar-refractivity contribution in [2.45, 2.75) is 4.90 Å². The van der Waals surface area contributed by atoms with Gasteiger partial charge in [-0.15, -0.1) is 11.8 Å². The van der Waals surface area contributed by atoms with Crippen LogP contribution in [0.5, 0.6) is 0 Å². The van der Waals surface area contributed by atoms with Crippen LogP contribution in [0.25, 0.3) is 28.0 Å². The molecule has 164 valence electrons. The first kappa shape index (κ1) is 22.0. The van der Waals surface area contributed by atoms with Crippen molar-refractivity contribution in [2.24, 2.45) is 0 Å². The van der Waals surface area contributed by atoms with Gasteiger partial charge in [0.15, 0.2) is 0 Å². The molecule has 32 heavy (non-hydrogen) atoms. The minimum absolute atomic E-state index is 0.0450. The maximum absolute atomic E-state index is 14.1. The Hall–Kier alpha value is -3.23. The summed E-state index contributed by atoms with van der Waals surface area (Å²) < 4.78 is 16.0. The zero-order valence-corrected chi connectivity index (χ0v) is 19.0. The zero-order valence-electron chi connectivity index (χ0n) is 18.2. The first-order valence-corrected chi connectivity index (χ1v) is 11.4. The van der Waals surface area contributed by atoms with Gasteiger partial charge < -0.3 is 10.2 Å². The Labute approximate surface area is 190 Å². The van der Waals surface area contributed by atoms with E-state index in [2.05, 4.69) is 15.3 Å². The summed E-state index contributed by atoms with van der Waals surface area (Å²) in [6, 6.07) is 12.2. The largest absolute Gasteiger partial charge is 0.340 e. The molecule has 0 saturated heterocycles. The quantitative estimate of drug-likeness (QED) is 0.428. The Morgan fingerprint density at radius 2 is 1.94 bits per heavy atom. The molecule has 4 aromatic rings. The summed E-state index contributed by atoms with van der Waals surface area (Å²) in [5.74, 6) is 0.102. The number of likely N-dealkylation sites (N-methyl/N-ethyl adjacent to an activating group) is 2. The molecule has 8 heteroatoms. The molecule has 0 unspecified atom stereocenters. The summed E-state index contributed by atoms with van der Waals surface area (Å²) >= 11 is 1.62. The standard InChI is InChI=1S/C24H24FN5OS/c1-26-10-11-29(2)23(31)16-8-9-19-21(12-16)30(15-22(19)32-3)24-27-13-17(14-28-24)18-6-4-5-7-20(18)25/h4-9,12-15,26H,10-11H2,1-3H3. The van der Waals surface area contributed by atoms with Crippen molar-refractivity contribution in [1.82, 2.24) is 24.8 Å². The molecule has 2 aromatic carbocycles. The molecule has 2 aromatic heterocycles. The second-order valence-corrected chi connectivity index (χ2v) is 8.23. The van der Waals surface area contributed by atoms with Gasteiger partial charge in [-0.1, -0.05) is 24.3 Å². The predicted molar refractivity (Wildman–Crippen MR) is 127 cm³/mol. The molecule has 0 radical (unpaired) electrons. The minimum Gasteiger partial charge on any atom is -0.340 e. The average molecular weight is 450 g/mol. The Morgan fingerprint density at radius 1 is 1.19 bits per heavy atom. The number of carbonyl (C=O) groups is 1. The van der Waals surface area contributed by atoms with Gasteiger partial charge in [0.05, 0.1) is 5.52 Å². The fourth-order valence-corrected chi connectivity index (χ4v) is 4.14. The van der Waals surface area contributed by atoms with Crippen molar-refractivity contribution >= 4 is 28.6 Å². The van der Waals surface area contributed by atoms with Crippen molar-refractivity contribution in [3.8, 4) is 17.1 Å². The van der Waals surface area contributed by atoms with Gasteiger partial charge in [-0.3, -0.25) is 9.36 Å². The highest BCUT2D eigenvalue weighted by molar-refractivity contribution is 7.98. The molecule has 4 rings (SSSR count). The van der Waals surface area contributed by atoms with Gasteiger partial charge in [0, 0.05) is 65.7 Å². The van der Waals surface area contributed by atoms with Crippen LogP contribution in [0.1, 0.15) is 10.4 Å². The highest BCUT2D eigenvalue weighted by Crippen LogP contribution is 2.31. The Morgan fingerprint density at radius 3 is 2.62 bits per heavy atom. The molecule has 0 atom stereocenters. The van der Waals surface area contributed by atoms with Crippen LogP contribution < -0.4 is 5.32 Å². The number of thioether (sulfide) groups is 1. The molecular formula is C24H24FN5OS. The lowest BCUT2D eigenvalue weighted by Crippen LogP contribution is -2.32. The maximum atomic E-state index is 14.1. The Bertz CT molecular complexity index is 1260. The highest BCUT2D eigenvalue weighted by Gasteiger charge is 2.17. The van der Waals surface area contributed by atoms with Gasteiger partial charge in [-0.2, -0.15) is 0 Å². The first-order chi connectivity index (χ1) is 15.5. The molecule has 1 N–H and O–H groups in total. The normalized spacial score (nSPS) is 11.1. The van der Waals surface area contributed by atoms with Crippen molar-refractivity contribution < 1.29 is 9.18 Å². The predicted octanol–water partition coefficient (Wildman–Crippen LogP) is 4.24. The molecule has 0 fully saturated rings. The molecule has 2 heterocycles. The third-order valence-corrected chi connectivity index (χ3v) is 6.08. The Kier molecular flexibility index (Phi) is 6.53. The van der Waals surface area contributed by atoms with E-state index in [0.717, 1.165) is 22.3 Å². The van der Waals surface area contributed by atoms with Crippen LogP contribution in [0, 0.1) is 5.82 Å². The van der Waals surface area contributed by atoms with Gasteiger partial charge >= 0.3 is 0 Å². The van der Waals surface area contributed by atoms with E-state index in [9.17, 15) is 9.18 Å². The van der Waals surface area contributed by atoms with E-state index in [-0.39, 0.29) is 11.7 Å². The van der Waals surface area contributed by atoms with Crippen LogP contribution in [0.15, 0.2) is 66.0 Å². The smallest absolute Gasteiger partial charge is 0.253 e. The number of hydrogen-bond donors (Lipinski definition) is 1. The average Bonchev–Trinajstić information content (AvgIpc) is 3.20. The number of amides is 1. The number of aromatic nitrogens is 3.